The van der Waals surface area contributed by atoms with Gasteiger partial charge in [-0.25, -0.2) is 4.99 Å². The van der Waals surface area contributed by atoms with Crippen molar-refractivity contribution in [3.05, 3.63) is 35.1 Å². The average Bonchev–Trinajstić information content (AvgIpc) is 2.91. The van der Waals surface area contributed by atoms with E-state index in [1.54, 1.807) is 12.1 Å². The molecule has 0 aliphatic carbocycles. The van der Waals surface area contributed by atoms with E-state index in [9.17, 15) is 4.79 Å². The lowest BCUT2D eigenvalue weighted by atomic mass is 10.1. The molecule has 0 atom stereocenters. The maximum absolute atomic E-state index is 12.0. The molecular formula is C15H16ClN5O. The van der Waals surface area contributed by atoms with Crippen molar-refractivity contribution >= 4 is 34.9 Å². The molecule has 1 aliphatic rings. The number of carbonyl (C=O) groups is 1. The summed E-state index contributed by atoms with van der Waals surface area (Å²) in [5, 5.41) is 8.10. The second-order valence-electron chi connectivity index (χ2n) is 5.10. The van der Waals surface area contributed by atoms with Crippen LogP contribution in [0, 0.1) is 0 Å². The number of aromatic nitrogens is 3. The lowest BCUT2D eigenvalue weighted by Crippen LogP contribution is -2.21. The molecule has 0 bridgehead atoms. The van der Waals surface area contributed by atoms with Crippen LogP contribution in [-0.4, -0.2) is 26.4 Å². The van der Waals surface area contributed by atoms with E-state index in [0.29, 0.717) is 29.8 Å². The van der Waals surface area contributed by atoms with Crippen molar-refractivity contribution in [3.8, 4) is 0 Å². The summed E-state index contributed by atoms with van der Waals surface area (Å²) in [6.45, 7) is 2.49. The first-order valence-electron chi connectivity index (χ1n) is 7.20. The summed E-state index contributed by atoms with van der Waals surface area (Å²) < 4.78 is 1.29. The molecule has 0 radical (unpaired) electrons. The van der Waals surface area contributed by atoms with Crippen molar-refractivity contribution in [2.75, 3.05) is 5.32 Å². The molecule has 0 fully saturated rings. The average molecular weight is 318 g/mol. The molecule has 2 aromatic rings. The topological polar surface area (TPSA) is 72.2 Å². The Bertz CT molecular complexity index is 720. The maximum atomic E-state index is 12.0. The molecule has 1 aromatic heterocycles. The number of fused-ring (bicyclic) bond motifs is 1. The van der Waals surface area contributed by atoms with E-state index in [1.165, 1.54) is 4.68 Å². The molecule has 1 aromatic carbocycles. The molecule has 0 unspecified atom stereocenters. The summed E-state index contributed by atoms with van der Waals surface area (Å²) in [4.78, 5) is 20.8. The molecule has 1 aliphatic heterocycles. The monoisotopic (exact) mass is 317 g/mol. The number of hydrogen-bond acceptors (Lipinski definition) is 5. The fourth-order valence-electron chi connectivity index (χ4n) is 2.27. The second-order valence-corrected chi connectivity index (χ2v) is 5.54. The van der Waals surface area contributed by atoms with Crippen LogP contribution < -0.4 is 5.32 Å². The zero-order valence-electron chi connectivity index (χ0n) is 12.2. The van der Waals surface area contributed by atoms with Crippen LogP contribution in [0.1, 0.15) is 36.8 Å². The largest absolute Gasteiger partial charge is 0.378 e. The van der Waals surface area contributed by atoms with Gasteiger partial charge >= 0.3 is 0 Å². The summed E-state index contributed by atoms with van der Waals surface area (Å²) in [7, 11) is 0. The van der Waals surface area contributed by atoms with Crippen LogP contribution in [0.3, 0.4) is 0 Å². The fourth-order valence-corrected chi connectivity index (χ4v) is 2.40. The first-order valence-corrected chi connectivity index (χ1v) is 7.58. The third-order valence-electron chi connectivity index (χ3n) is 3.32. The quantitative estimate of drug-likeness (QED) is 0.916. The highest BCUT2D eigenvalue weighted by molar-refractivity contribution is 6.30. The summed E-state index contributed by atoms with van der Waals surface area (Å²) in [6, 6.07) is 7.36. The Balaban J connectivity index is 1.73. The molecule has 6 nitrogen and oxygen atoms in total. The number of nitrogens with zero attached hydrogens (tertiary/aromatic N) is 4. The predicted molar refractivity (Wildman–Crippen MR) is 86.0 cm³/mol. The van der Waals surface area contributed by atoms with E-state index >= 15 is 0 Å². The number of halogens is 1. The van der Waals surface area contributed by atoms with E-state index < -0.39 is 0 Å². The van der Waals surface area contributed by atoms with E-state index in [2.05, 4.69) is 27.3 Å². The van der Waals surface area contributed by atoms with Crippen LogP contribution in [0.4, 0.5) is 11.6 Å². The minimum absolute atomic E-state index is 0.0707. The van der Waals surface area contributed by atoms with Gasteiger partial charge in [-0.05, 0) is 30.7 Å². The summed E-state index contributed by atoms with van der Waals surface area (Å²) >= 11 is 5.84. The highest BCUT2D eigenvalue weighted by atomic mass is 35.5. The zero-order valence-corrected chi connectivity index (χ0v) is 13.0. The van der Waals surface area contributed by atoms with Crippen molar-refractivity contribution in [2.24, 2.45) is 4.99 Å². The Morgan fingerprint density at radius 3 is 2.82 bits per heavy atom. The van der Waals surface area contributed by atoms with Crippen molar-refractivity contribution in [1.29, 1.82) is 0 Å². The fraction of sp³-hybridized carbons (Fsp3) is 0.333. The SMILES string of the molecule is CCCC1=Nc2nc(CNc3ccc(Cl)cc3)nn2C(=O)C1. The van der Waals surface area contributed by atoms with Gasteiger partial charge in [0.1, 0.15) is 0 Å². The van der Waals surface area contributed by atoms with Crippen LogP contribution in [-0.2, 0) is 6.54 Å². The molecule has 2 heterocycles. The zero-order chi connectivity index (χ0) is 15.5. The molecule has 7 heteroatoms. The Kier molecular flexibility index (Phi) is 4.20. The molecule has 0 amide bonds. The van der Waals surface area contributed by atoms with Gasteiger partial charge in [0.15, 0.2) is 5.82 Å². The van der Waals surface area contributed by atoms with E-state index in [-0.39, 0.29) is 5.91 Å². The maximum Gasteiger partial charge on any atom is 0.255 e. The standard InChI is InChI=1S/C15H16ClN5O/c1-2-3-12-8-14(22)21-15(18-12)19-13(20-21)9-17-11-6-4-10(16)5-7-11/h4-7,17H,2-3,8-9H2,1H3. The molecule has 3 rings (SSSR count). The Morgan fingerprint density at radius 2 is 2.09 bits per heavy atom. The summed E-state index contributed by atoms with van der Waals surface area (Å²) in [6.07, 6.45) is 2.11. The molecule has 114 valence electrons. The number of nitrogens with one attached hydrogen (secondary N) is 1. The third-order valence-corrected chi connectivity index (χ3v) is 3.57. The van der Waals surface area contributed by atoms with Gasteiger partial charge in [-0.2, -0.15) is 9.67 Å². The Morgan fingerprint density at radius 1 is 1.32 bits per heavy atom. The summed E-state index contributed by atoms with van der Waals surface area (Å²) in [5.41, 5.74) is 1.79. The number of aliphatic imine (C=N–C) groups is 1. The van der Waals surface area contributed by atoms with Gasteiger partial charge in [0.25, 0.3) is 11.9 Å². The number of carbonyl (C=O) groups excluding carboxylic acids is 1. The number of rotatable bonds is 5. The molecular weight excluding hydrogens is 302 g/mol. The van der Waals surface area contributed by atoms with E-state index in [1.807, 2.05) is 12.1 Å². The van der Waals surface area contributed by atoms with E-state index in [4.69, 9.17) is 11.6 Å². The number of anilines is 1. The van der Waals surface area contributed by atoms with Gasteiger partial charge in [-0.3, -0.25) is 4.79 Å². The predicted octanol–water partition coefficient (Wildman–Crippen LogP) is 3.46. The molecule has 1 N–H and O–H groups in total. The van der Waals surface area contributed by atoms with Crippen LogP contribution in [0.25, 0.3) is 0 Å². The highest BCUT2D eigenvalue weighted by Crippen LogP contribution is 2.19. The van der Waals surface area contributed by atoms with Gasteiger partial charge in [-0.15, -0.1) is 5.10 Å². The minimum atomic E-state index is -0.0707. The minimum Gasteiger partial charge on any atom is -0.378 e. The van der Waals surface area contributed by atoms with Crippen molar-refractivity contribution in [2.45, 2.75) is 32.7 Å². The van der Waals surface area contributed by atoms with E-state index in [0.717, 1.165) is 24.2 Å². The number of hydrogen-bond donors (Lipinski definition) is 1. The number of benzene rings is 1. The van der Waals surface area contributed by atoms with Crippen molar-refractivity contribution < 1.29 is 4.79 Å². The molecule has 0 saturated heterocycles. The lowest BCUT2D eigenvalue weighted by molar-refractivity contribution is 0.0905. The van der Waals surface area contributed by atoms with Gasteiger partial charge in [0.05, 0.1) is 13.0 Å². The van der Waals surface area contributed by atoms with Crippen molar-refractivity contribution in [3.63, 3.8) is 0 Å². The second kappa shape index (κ2) is 6.27. The third kappa shape index (κ3) is 3.17. The normalized spacial score (nSPS) is 13.7. The molecule has 22 heavy (non-hydrogen) atoms. The Labute approximate surface area is 133 Å². The smallest absolute Gasteiger partial charge is 0.255 e. The first-order chi connectivity index (χ1) is 10.7. The Hall–Kier alpha value is -2.21. The van der Waals surface area contributed by atoms with Crippen LogP contribution >= 0.6 is 11.6 Å². The van der Waals surface area contributed by atoms with Gasteiger partial charge < -0.3 is 5.32 Å². The molecule has 0 spiro atoms. The highest BCUT2D eigenvalue weighted by Gasteiger charge is 2.22. The summed E-state index contributed by atoms with van der Waals surface area (Å²) in [5.74, 6) is 0.853. The van der Waals surface area contributed by atoms with Crippen LogP contribution in [0.2, 0.25) is 5.02 Å². The molecule has 0 saturated carbocycles. The first kappa shape index (κ1) is 14.7. The van der Waals surface area contributed by atoms with Gasteiger partial charge in [0, 0.05) is 16.4 Å². The van der Waals surface area contributed by atoms with Gasteiger partial charge in [-0.1, -0.05) is 24.9 Å². The van der Waals surface area contributed by atoms with Crippen molar-refractivity contribution in [1.82, 2.24) is 14.8 Å². The van der Waals surface area contributed by atoms with Crippen LogP contribution in [0.5, 0.6) is 0 Å². The van der Waals surface area contributed by atoms with Crippen LogP contribution in [0.15, 0.2) is 29.3 Å². The lowest BCUT2D eigenvalue weighted by Gasteiger charge is -2.10. The van der Waals surface area contributed by atoms with Gasteiger partial charge in [0.2, 0.25) is 0 Å².